The molecule has 6 heteroatoms. The first-order valence-electron chi connectivity index (χ1n) is 4.74. The molecule has 0 aromatic carbocycles. The van der Waals surface area contributed by atoms with Crippen molar-refractivity contribution in [3.8, 4) is 0 Å². The minimum absolute atomic E-state index is 0.0271. The van der Waals surface area contributed by atoms with Gasteiger partial charge in [-0.25, -0.2) is 4.79 Å². The minimum Gasteiger partial charge on any atom is -0.469 e. The molecular formula is C10H18O6. The fourth-order valence-electron chi connectivity index (χ4n) is 1.34. The van der Waals surface area contributed by atoms with Crippen LogP contribution in [-0.2, 0) is 28.5 Å². The molecule has 0 radical (unpaired) electrons. The van der Waals surface area contributed by atoms with E-state index in [-0.39, 0.29) is 6.42 Å². The highest BCUT2D eigenvalue weighted by Gasteiger charge is 2.43. The second-order valence-corrected chi connectivity index (χ2v) is 3.28. The van der Waals surface area contributed by atoms with Gasteiger partial charge in [0.05, 0.1) is 20.1 Å². The first kappa shape index (κ1) is 14.9. The van der Waals surface area contributed by atoms with Crippen LogP contribution < -0.4 is 0 Å². The average Bonchev–Trinajstić information content (AvgIpc) is 2.33. The third kappa shape index (κ3) is 3.18. The zero-order chi connectivity index (χ0) is 12.8. The second-order valence-electron chi connectivity index (χ2n) is 3.28. The fourth-order valence-corrected chi connectivity index (χ4v) is 1.34. The Morgan fingerprint density at radius 3 is 1.88 bits per heavy atom. The van der Waals surface area contributed by atoms with E-state index in [1.807, 2.05) is 0 Å². The molecule has 0 saturated carbocycles. The summed E-state index contributed by atoms with van der Waals surface area (Å²) in [5, 5.41) is 0. The molecular weight excluding hydrogens is 216 g/mol. The molecule has 0 spiro atoms. The second kappa shape index (κ2) is 6.44. The van der Waals surface area contributed by atoms with E-state index >= 15 is 0 Å². The zero-order valence-electron chi connectivity index (χ0n) is 10.2. The molecule has 0 aliphatic carbocycles. The topological polar surface area (TPSA) is 71.1 Å². The molecule has 0 heterocycles. The van der Waals surface area contributed by atoms with Gasteiger partial charge in [-0.2, -0.15) is 0 Å². The van der Waals surface area contributed by atoms with Crippen molar-refractivity contribution in [1.29, 1.82) is 0 Å². The van der Waals surface area contributed by atoms with Crippen LogP contribution in [0.4, 0.5) is 0 Å². The first-order chi connectivity index (χ1) is 7.47. The van der Waals surface area contributed by atoms with Crippen molar-refractivity contribution in [1.82, 2.24) is 0 Å². The summed E-state index contributed by atoms with van der Waals surface area (Å²) in [5.41, 5.74) is 0. The maximum Gasteiger partial charge on any atom is 0.366 e. The molecule has 0 fully saturated rings. The highest BCUT2D eigenvalue weighted by molar-refractivity contribution is 5.79. The molecule has 1 atom stereocenters. The summed E-state index contributed by atoms with van der Waals surface area (Å²) in [5.74, 6) is -3.23. The van der Waals surface area contributed by atoms with Gasteiger partial charge in [-0.05, 0) is 0 Å². The van der Waals surface area contributed by atoms with Crippen LogP contribution in [0.1, 0.15) is 13.3 Å². The lowest BCUT2D eigenvalue weighted by molar-refractivity contribution is -0.234. The number of rotatable bonds is 6. The van der Waals surface area contributed by atoms with E-state index in [4.69, 9.17) is 9.47 Å². The van der Waals surface area contributed by atoms with Crippen LogP contribution >= 0.6 is 0 Å². The Kier molecular flexibility index (Phi) is 5.98. The van der Waals surface area contributed by atoms with Gasteiger partial charge in [-0.15, -0.1) is 0 Å². The summed E-state index contributed by atoms with van der Waals surface area (Å²) in [7, 11) is 5.12. The van der Waals surface area contributed by atoms with Crippen LogP contribution in [0, 0.1) is 5.92 Å². The van der Waals surface area contributed by atoms with E-state index in [0.717, 1.165) is 0 Å². The van der Waals surface area contributed by atoms with E-state index in [1.165, 1.54) is 28.4 Å². The van der Waals surface area contributed by atoms with Crippen LogP contribution in [0.3, 0.4) is 0 Å². The standard InChI is InChI=1S/C10H18O6/c1-7(8(11)13-2)6-10(15-4,16-5)9(12)14-3/h7H,6H2,1-5H3/t7-/m0/s1. The van der Waals surface area contributed by atoms with E-state index in [2.05, 4.69) is 9.47 Å². The molecule has 0 aromatic rings. The van der Waals surface area contributed by atoms with Crippen LogP contribution in [0.2, 0.25) is 0 Å². The van der Waals surface area contributed by atoms with Crippen molar-refractivity contribution in [2.24, 2.45) is 5.92 Å². The number of ether oxygens (including phenoxy) is 4. The van der Waals surface area contributed by atoms with E-state index < -0.39 is 23.6 Å². The van der Waals surface area contributed by atoms with Gasteiger partial charge < -0.3 is 18.9 Å². The Balaban J connectivity index is 4.80. The number of hydrogen-bond donors (Lipinski definition) is 0. The molecule has 0 rings (SSSR count). The zero-order valence-corrected chi connectivity index (χ0v) is 10.2. The van der Waals surface area contributed by atoms with Gasteiger partial charge >= 0.3 is 11.9 Å². The Bertz CT molecular complexity index is 246. The van der Waals surface area contributed by atoms with Crippen LogP contribution in [0.15, 0.2) is 0 Å². The van der Waals surface area contributed by atoms with Gasteiger partial charge in [-0.3, -0.25) is 4.79 Å². The summed E-state index contributed by atoms with van der Waals surface area (Å²) in [6.07, 6.45) is 0.0271. The van der Waals surface area contributed by atoms with Crippen molar-refractivity contribution in [3.63, 3.8) is 0 Å². The number of methoxy groups -OCH3 is 4. The smallest absolute Gasteiger partial charge is 0.366 e. The van der Waals surface area contributed by atoms with Crippen molar-refractivity contribution < 1.29 is 28.5 Å². The SMILES string of the molecule is COC(=O)[C@@H](C)CC(OC)(OC)C(=O)OC. The monoisotopic (exact) mass is 234 g/mol. The lowest BCUT2D eigenvalue weighted by Gasteiger charge is -2.29. The summed E-state index contributed by atoms with van der Waals surface area (Å²) < 4.78 is 19.1. The van der Waals surface area contributed by atoms with Crippen LogP contribution in [0.5, 0.6) is 0 Å². The Labute approximate surface area is 94.8 Å². The Hall–Kier alpha value is -1.14. The molecule has 0 N–H and O–H groups in total. The summed E-state index contributed by atoms with van der Waals surface area (Å²) in [4.78, 5) is 22.8. The van der Waals surface area contributed by atoms with Crippen LogP contribution in [0.25, 0.3) is 0 Å². The summed E-state index contributed by atoms with van der Waals surface area (Å²) in [6, 6.07) is 0. The molecule has 94 valence electrons. The number of esters is 2. The normalized spacial score (nSPS) is 13.1. The van der Waals surface area contributed by atoms with Gasteiger partial charge in [-0.1, -0.05) is 6.92 Å². The number of hydrogen-bond acceptors (Lipinski definition) is 6. The van der Waals surface area contributed by atoms with Gasteiger partial charge in [0.25, 0.3) is 5.79 Å². The molecule has 0 aliphatic rings. The Morgan fingerprint density at radius 2 is 1.56 bits per heavy atom. The average molecular weight is 234 g/mol. The largest absolute Gasteiger partial charge is 0.469 e. The molecule has 0 aromatic heterocycles. The van der Waals surface area contributed by atoms with E-state index in [9.17, 15) is 9.59 Å². The number of carbonyl (C=O) groups excluding carboxylic acids is 2. The molecule has 6 nitrogen and oxygen atoms in total. The highest BCUT2D eigenvalue weighted by atomic mass is 16.7. The molecule has 0 bridgehead atoms. The lowest BCUT2D eigenvalue weighted by Crippen LogP contribution is -2.46. The van der Waals surface area contributed by atoms with E-state index in [1.54, 1.807) is 6.92 Å². The molecule has 0 unspecified atom stereocenters. The maximum absolute atomic E-state index is 11.5. The molecule has 0 aliphatic heterocycles. The van der Waals surface area contributed by atoms with Gasteiger partial charge in [0.1, 0.15) is 0 Å². The van der Waals surface area contributed by atoms with Crippen molar-refractivity contribution in [2.45, 2.75) is 19.1 Å². The third-order valence-electron chi connectivity index (χ3n) is 2.33. The predicted octanol–water partition coefficient (Wildman–Crippen LogP) is 0.348. The maximum atomic E-state index is 11.5. The van der Waals surface area contributed by atoms with Crippen molar-refractivity contribution >= 4 is 11.9 Å². The lowest BCUT2D eigenvalue weighted by atomic mass is 10.0. The van der Waals surface area contributed by atoms with Gasteiger partial charge in [0, 0.05) is 20.6 Å². The van der Waals surface area contributed by atoms with Crippen molar-refractivity contribution in [2.75, 3.05) is 28.4 Å². The van der Waals surface area contributed by atoms with Gasteiger partial charge in [0.15, 0.2) is 0 Å². The highest BCUT2D eigenvalue weighted by Crippen LogP contribution is 2.24. The molecule has 0 saturated heterocycles. The Morgan fingerprint density at radius 1 is 1.06 bits per heavy atom. The van der Waals surface area contributed by atoms with E-state index in [0.29, 0.717) is 0 Å². The van der Waals surface area contributed by atoms with Crippen molar-refractivity contribution in [3.05, 3.63) is 0 Å². The summed E-state index contributed by atoms with van der Waals surface area (Å²) >= 11 is 0. The minimum atomic E-state index is -1.57. The number of carbonyl (C=O) groups is 2. The molecule has 16 heavy (non-hydrogen) atoms. The third-order valence-corrected chi connectivity index (χ3v) is 2.33. The quantitative estimate of drug-likeness (QED) is 0.487. The summed E-state index contributed by atoms with van der Waals surface area (Å²) in [6.45, 7) is 1.61. The molecule has 0 amide bonds. The van der Waals surface area contributed by atoms with Gasteiger partial charge in [0.2, 0.25) is 0 Å². The predicted molar refractivity (Wildman–Crippen MR) is 54.6 cm³/mol. The fraction of sp³-hybridized carbons (Fsp3) is 0.800. The van der Waals surface area contributed by atoms with Crippen LogP contribution in [-0.4, -0.2) is 46.2 Å². The first-order valence-corrected chi connectivity index (χ1v) is 4.74.